The minimum atomic E-state index is -0.469. The first-order valence-electron chi connectivity index (χ1n) is 4.52. The lowest BCUT2D eigenvalue weighted by atomic mass is 10.00. The molecule has 0 aliphatic carbocycles. The van der Waals surface area contributed by atoms with Gasteiger partial charge in [-0.05, 0) is 13.0 Å². The lowest BCUT2D eigenvalue weighted by molar-refractivity contribution is 0.113. The Bertz CT molecular complexity index is 279. The maximum Gasteiger partial charge on any atom is 0.111 e. The number of aromatic nitrogens is 3. The first-order valence-corrected chi connectivity index (χ1v) is 4.52. The smallest absolute Gasteiger partial charge is 0.111 e. The molecule has 0 radical (unpaired) electrons. The van der Waals surface area contributed by atoms with Crippen molar-refractivity contribution >= 4 is 0 Å². The maximum atomic E-state index is 9.88. The van der Waals surface area contributed by atoms with Crippen LogP contribution in [-0.4, -0.2) is 33.2 Å². The van der Waals surface area contributed by atoms with Crippen molar-refractivity contribution in [1.82, 2.24) is 20.3 Å². The fraction of sp³-hybridized carbons (Fsp3) is 0.750. The van der Waals surface area contributed by atoms with Gasteiger partial charge in [0.2, 0.25) is 0 Å². The van der Waals surface area contributed by atoms with E-state index in [1.54, 1.807) is 13.2 Å². The highest BCUT2D eigenvalue weighted by Crippen LogP contribution is 2.24. The minimum Gasteiger partial charge on any atom is -0.386 e. The van der Waals surface area contributed by atoms with Gasteiger partial charge in [0, 0.05) is 19.5 Å². The van der Waals surface area contributed by atoms with Crippen LogP contribution < -0.4 is 5.32 Å². The second kappa shape index (κ2) is 3.43. The van der Waals surface area contributed by atoms with Crippen LogP contribution >= 0.6 is 0 Å². The molecule has 5 nitrogen and oxygen atoms in total. The van der Waals surface area contributed by atoms with Crippen LogP contribution in [0.15, 0.2) is 6.20 Å². The molecule has 1 aliphatic rings. The Kier molecular flexibility index (Phi) is 2.28. The largest absolute Gasteiger partial charge is 0.386 e. The summed E-state index contributed by atoms with van der Waals surface area (Å²) in [4.78, 5) is 1.47. The standard InChI is InChI=1S/C8H14N4O/c1-12-10-5-7(11-12)8(13)6-2-3-9-4-6/h5-6,8-9,13H,2-4H2,1H3/t6-,8?/m0/s1. The van der Waals surface area contributed by atoms with Crippen molar-refractivity contribution in [3.63, 3.8) is 0 Å². The number of aliphatic hydroxyl groups excluding tert-OH is 1. The topological polar surface area (TPSA) is 63.0 Å². The average molecular weight is 182 g/mol. The predicted molar refractivity (Wildman–Crippen MR) is 46.9 cm³/mol. The molecule has 5 heteroatoms. The third kappa shape index (κ3) is 1.71. The van der Waals surface area contributed by atoms with E-state index >= 15 is 0 Å². The number of hydrogen-bond acceptors (Lipinski definition) is 4. The summed E-state index contributed by atoms with van der Waals surface area (Å²) in [6, 6.07) is 0. The van der Waals surface area contributed by atoms with Crippen molar-refractivity contribution in [3.8, 4) is 0 Å². The summed E-state index contributed by atoms with van der Waals surface area (Å²) in [7, 11) is 1.75. The minimum absolute atomic E-state index is 0.289. The van der Waals surface area contributed by atoms with E-state index in [1.165, 1.54) is 4.80 Å². The van der Waals surface area contributed by atoms with Crippen LogP contribution in [0.2, 0.25) is 0 Å². The molecule has 1 saturated heterocycles. The number of aliphatic hydroxyl groups is 1. The number of nitrogens with one attached hydrogen (secondary N) is 1. The second-order valence-electron chi connectivity index (χ2n) is 3.46. The zero-order valence-electron chi connectivity index (χ0n) is 7.64. The average Bonchev–Trinajstić information content (AvgIpc) is 2.72. The Morgan fingerprint density at radius 2 is 2.62 bits per heavy atom. The summed E-state index contributed by atoms with van der Waals surface area (Å²) in [5, 5.41) is 21.1. The molecule has 1 fully saturated rings. The van der Waals surface area contributed by atoms with E-state index in [-0.39, 0.29) is 5.92 Å². The van der Waals surface area contributed by atoms with Gasteiger partial charge in [-0.3, -0.25) is 0 Å². The monoisotopic (exact) mass is 182 g/mol. The van der Waals surface area contributed by atoms with Crippen molar-refractivity contribution in [2.45, 2.75) is 12.5 Å². The van der Waals surface area contributed by atoms with Gasteiger partial charge < -0.3 is 10.4 Å². The highest BCUT2D eigenvalue weighted by atomic mass is 16.3. The second-order valence-corrected chi connectivity index (χ2v) is 3.46. The molecule has 2 heterocycles. The van der Waals surface area contributed by atoms with E-state index in [1.807, 2.05) is 0 Å². The Hall–Kier alpha value is -0.940. The van der Waals surface area contributed by atoms with E-state index < -0.39 is 6.10 Å². The van der Waals surface area contributed by atoms with Crippen LogP contribution in [0.25, 0.3) is 0 Å². The molecule has 1 aromatic heterocycles. The van der Waals surface area contributed by atoms with Crippen molar-refractivity contribution < 1.29 is 5.11 Å². The van der Waals surface area contributed by atoms with Crippen LogP contribution in [0.1, 0.15) is 18.2 Å². The van der Waals surface area contributed by atoms with Gasteiger partial charge in [-0.15, -0.1) is 0 Å². The van der Waals surface area contributed by atoms with Gasteiger partial charge in [0.05, 0.1) is 6.20 Å². The molecule has 72 valence electrons. The summed E-state index contributed by atoms with van der Waals surface area (Å²) in [5.74, 6) is 0.289. The summed E-state index contributed by atoms with van der Waals surface area (Å²) < 4.78 is 0. The lowest BCUT2D eigenvalue weighted by Crippen LogP contribution is -2.16. The lowest BCUT2D eigenvalue weighted by Gasteiger charge is -2.13. The number of aryl methyl sites for hydroxylation is 1. The summed E-state index contributed by atoms with van der Waals surface area (Å²) in [5.41, 5.74) is 0.677. The molecule has 0 spiro atoms. The van der Waals surface area contributed by atoms with Crippen LogP contribution in [0, 0.1) is 5.92 Å². The highest BCUT2D eigenvalue weighted by molar-refractivity contribution is 5.00. The number of nitrogens with zero attached hydrogens (tertiary/aromatic N) is 3. The van der Waals surface area contributed by atoms with Crippen molar-refractivity contribution in [2.24, 2.45) is 13.0 Å². The third-order valence-electron chi connectivity index (χ3n) is 2.47. The Balaban J connectivity index is 2.07. The first-order chi connectivity index (χ1) is 6.27. The Morgan fingerprint density at radius 1 is 1.77 bits per heavy atom. The SMILES string of the molecule is Cn1ncc(C(O)[C@H]2CCNC2)n1. The molecule has 2 atom stereocenters. The van der Waals surface area contributed by atoms with Crippen LogP contribution in [0.3, 0.4) is 0 Å². The zero-order valence-corrected chi connectivity index (χ0v) is 7.64. The fourth-order valence-corrected chi connectivity index (χ4v) is 1.68. The molecule has 2 N–H and O–H groups in total. The fourth-order valence-electron chi connectivity index (χ4n) is 1.68. The molecule has 0 amide bonds. The predicted octanol–water partition coefficient (Wildman–Crippen LogP) is -0.542. The van der Waals surface area contributed by atoms with Crippen molar-refractivity contribution in [2.75, 3.05) is 13.1 Å². The van der Waals surface area contributed by atoms with E-state index in [4.69, 9.17) is 0 Å². The normalized spacial score (nSPS) is 24.9. The molecular formula is C8H14N4O. The van der Waals surface area contributed by atoms with Gasteiger partial charge in [0.15, 0.2) is 0 Å². The molecule has 0 bridgehead atoms. The van der Waals surface area contributed by atoms with Gasteiger partial charge >= 0.3 is 0 Å². The summed E-state index contributed by atoms with van der Waals surface area (Å²) in [6.45, 7) is 1.86. The van der Waals surface area contributed by atoms with Gasteiger partial charge in [-0.2, -0.15) is 15.0 Å². The van der Waals surface area contributed by atoms with Gasteiger partial charge in [-0.1, -0.05) is 0 Å². The third-order valence-corrected chi connectivity index (χ3v) is 2.47. The molecule has 1 aliphatic heterocycles. The van der Waals surface area contributed by atoms with Gasteiger partial charge in [-0.25, -0.2) is 0 Å². The molecule has 1 unspecified atom stereocenters. The van der Waals surface area contributed by atoms with Gasteiger partial charge in [0.1, 0.15) is 11.8 Å². The summed E-state index contributed by atoms with van der Waals surface area (Å²) in [6.07, 6.45) is 2.17. The quantitative estimate of drug-likeness (QED) is 0.644. The highest BCUT2D eigenvalue weighted by Gasteiger charge is 2.25. The molecular weight excluding hydrogens is 168 g/mol. The van der Waals surface area contributed by atoms with Crippen LogP contribution in [-0.2, 0) is 7.05 Å². The summed E-state index contributed by atoms with van der Waals surface area (Å²) >= 11 is 0. The van der Waals surface area contributed by atoms with Crippen LogP contribution in [0.4, 0.5) is 0 Å². The van der Waals surface area contributed by atoms with Crippen LogP contribution in [0.5, 0.6) is 0 Å². The first kappa shape index (κ1) is 8.65. The molecule has 2 rings (SSSR count). The van der Waals surface area contributed by atoms with E-state index in [0.717, 1.165) is 19.5 Å². The molecule has 1 aromatic rings. The molecule has 0 saturated carbocycles. The van der Waals surface area contributed by atoms with E-state index in [9.17, 15) is 5.11 Å². The molecule has 0 aromatic carbocycles. The number of hydrogen-bond donors (Lipinski definition) is 2. The van der Waals surface area contributed by atoms with E-state index in [0.29, 0.717) is 5.69 Å². The Morgan fingerprint density at radius 3 is 3.15 bits per heavy atom. The molecule has 13 heavy (non-hydrogen) atoms. The van der Waals surface area contributed by atoms with Crippen molar-refractivity contribution in [3.05, 3.63) is 11.9 Å². The van der Waals surface area contributed by atoms with E-state index in [2.05, 4.69) is 15.5 Å². The number of rotatable bonds is 2. The maximum absolute atomic E-state index is 9.88. The zero-order chi connectivity index (χ0) is 9.26. The van der Waals surface area contributed by atoms with Gasteiger partial charge in [0.25, 0.3) is 0 Å². The Labute approximate surface area is 76.8 Å². The van der Waals surface area contributed by atoms with Crippen molar-refractivity contribution in [1.29, 1.82) is 0 Å².